The van der Waals surface area contributed by atoms with Crippen LogP contribution < -0.4 is 5.56 Å². The Kier molecular flexibility index (Phi) is 7.81. The Morgan fingerprint density at radius 3 is 2.14 bits per heavy atom. The molecule has 0 N–H and O–H groups in total. The van der Waals surface area contributed by atoms with Crippen molar-refractivity contribution in [2.45, 2.75) is 30.7 Å². The van der Waals surface area contributed by atoms with Gasteiger partial charge in [0.15, 0.2) is 15.6 Å². The molecule has 0 unspecified atom stereocenters. The fraction of sp³-hybridized carbons (Fsp3) is 0.185. The second-order valence-electron chi connectivity index (χ2n) is 8.87. The Labute approximate surface area is 232 Å². The number of aromatic nitrogens is 1. The van der Waals surface area contributed by atoms with Crippen LogP contribution in [0.2, 0.25) is 0 Å². The Morgan fingerprint density at radius 2 is 1.57 bits per heavy atom. The molecule has 0 spiro atoms. The molecule has 0 aliphatic rings. The molecule has 4 rings (SSSR count). The van der Waals surface area contributed by atoms with Crippen LogP contribution in [0.15, 0.2) is 68.7 Å². The molecule has 220 valence electrons. The second kappa shape index (κ2) is 10.8. The summed E-state index contributed by atoms with van der Waals surface area (Å²) in [7, 11) is -4.15. The molecule has 42 heavy (non-hydrogen) atoms. The number of hydrogen-bond acceptors (Lipinski definition) is 5. The SMILES string of the molecule is CCS(=O)(=O)c1cc(-c2ccc(-c3cc(C(F)(F)F)c(C#N)c(=O)n3Cc3ccc(F)cc3F)o2)cc(C(F)(F)F)c1. The maximum atomic E-state index is 14.4. The molecule has 0 atom stereocenters. The summed E-state index contributed by atoms with van der Waals surface area (Å²) in [6.07, 6.45) is -10.2. The van der Waals surface area contributed by atoms with Crippen molar-refractivity contribution in [3.8, 4) is 28.8 Å². The summed E-state index contributed by atoms with van der Waals surface area (Å²) in [6, 6.07) is 7.70. The van der Waals surface area contributed by atoms with Gasteiger partial charge in [0.1, 0.15) is 29.0 Å². The Morgan fingerprint density at radius 1 is 0.905 bits per heavy atom. The van der Waals surface area contributed by atoms with E-state index in [1.54, 1.807) is 0 Å². The monoisotopic (exact) mass is 616 g/mol. The zero-order chi connectivity index (χ0) is 31.2. The Hall–Kier alpha value is -4.45. The van der Waals surface area contributed by atoms with Crippen molar-refractivity contribution in [2.75, 3.05) is 5.75 Å². The predicted octanol–water partition coefficient (Wildman–Crippen LogP) is 6.80. The number of nitrogens with zero attached hydrogens (tertiary/aromatic N) is 2. The van der Waals surface area contributed by atoms with Gasteiger partial charge in [0, 0.05) is 17.2 Å². The molecule has 0 saturated heterocycles. The molecule has 0 saturated carbocycles. The molecule has 2 heterocycles. The molecule has 2 aromatic heterocycles. The number of benzene rings is 2. The number of furan rings is 1. The van der Waals surface area contributed by atoms with Gasteiger partial charge in [-0.15, -0.1) is 0 Å². The zero-order valence-electron chi connectivity index (χ0n) is 21.1. The van der Waals surface area contributed by atoms with E-state index in [1.165, 1.54) is 13.0 Å². The van der Waals surface area contributed by atoms with Crippen molar-refractivity contribution < 1.29 is 48.0 Å². The smallest absolute Gasteiger partial charge is 0.417 e. The highest BCUT2D eigenvalue weighted by molar-refractivity contribution is 7.91. The maximum absolute atomic E-state index is 14.4. The van der Waals surface area contributed by atoms with Gasteiger partial charge in [0.05, 0.1) is 34.0 Å². The number of halogens is 8. The predicted molar refractivity (Wildman–Crippen MR) is 132 cm³/mol. The summed E-state index contributed by atoms with van der Waals surface area (Å²) in [5.74, 6) is -3.59. The van der Waals surface area contributed by atoms with E-state index in [9.17, 15) is 53.6 Å². The molecule has 15 heteroatoms. The first-order valence-corrected chi connectivity index (χ1v) is 13.4. The van der Waals surface area contributed by atoms with Crippen LogP contribution in [-0.4, -0.2) is 18.7 Å². The topological polar surface area (TPSA) is 93.1 Å². The van der Waals surface area contributed by atoms with Crippen molar-refractivity contribution in [3.05, 3.63) is 98.8 Å². The molecule has 2 aromatic carbocycles. The summed E-state index contributed by atoms with van der Waals surface area (Å²) in [5, 5.41) is 9.31. The van der Waals surface area contributed by atoms with Crippen LogP contribution in [0, 0.1) is 23.0 Å². The van der Waals surface area contributed by atoms with Crippen LogP contribution >= 0.6 is 0 Å². The van der Waals surface area contributed by atoms with Crippen molar-refractivity contribution >= 4 is 9.84 Å². The van der Waals surface area contributed by atoms with Crippen molar-refractivity contribution in [1.82, 2.24) is 4.57 Å². The normalized spacial score (nSPS) is 12.4. The number of hydrogen-bond donors (Lipinski definition) is 0. The summed E-state index contributed by atoms with van der Waals surface area (Å²) < 4.78 is 141. The van der Waals surface area contributed by atoms with Gasteiger partial charge in [-0.3, -0.25) is 9.36 Å². The average Bonchev–Trinajstić information content (AvgIpc) is 3.39. The third-order valence-corrected chi connectivity index (χ3v) is 7.89. The Bertz CT molecular complexity index is 1900. The van der Waals surface area contributed by atoms with Crippen molar-refractivity contribution in [3.63, 3.8) is 0 Å². The van der Waals surface area contributed by atoms with Crippen LogP contribution in [0.25, 0.3) is 22.8 Å². The standard InChI is InChI=1S/C27H16F8N2O4S/c1-2-42(39,40)18-8-15(7-16(9-18)26(30,31)32)23-5-6-24(41-23)22-11-20(27(33,34)35)19(12-36)25(38)37(22)13-14-3-4-17(28)10-21(14)29/h3-11H,2,13H2,1H3. The maximum Gasteiger partial charge on any atom is 0.417 e. The van der Waals surface area contributed by atoms with E-state index >= 15 is 0 Å². The summed E-state index contributed by atoms with van der Waals surface area (Å²) in [5.41, 5.74) is -7.21. The molecular formula is C27H16F8N2O4S. The molecule has 4 aromatic rings. The van der Waals surface area contributed by atoms with E-state index in [-0.39, 0.29) is 5.56 Å². The quantitative estimate of drug-likeness (QED) is 0.222. The van der Waals surface area contributed by atoms with Crippen molar-refractivity contribution in [2.24, 2.45) is 0 Å². The lowest BCUT2D eigenvalue weighted by atomic mass is 10.1. The summed E-state index contributed by atoms with van der Waals surface area (Å²) >= 11 is 0. The van der Waals surface area contributed by atoms with Gasteiger partial charge in [-0.25, -0.2) is 17.2 Å². The van der Waals surface area contributed by atoms with Crippen molar-refractivity contribution in [1.29, 1.82) is 5.26 Å². The van der Waals surface area contributed by atoms with Gasteiger partial charge >= 0.3 is 12.4 Å². The average molecular weight is 616 g/mol. The van der Waals surface area contributed by atoms with Crippen LogP contribution in [0.5, 0.6) is 0 Å². The number of alkyl halides is 6. The molecule has 0 aliphatic heterocycles. The third-order valence-electron chi connectivity index (χ3n) is 6.18. The third kappa shape index (κ3) is 5.94. The van der Waals surface area contributed by atoms with E-state index in [4.69, 9.17) is 4.42 Å². The van der Waals surface area contributed by atoms with Crippen LogP contribution in [0.4, 0.5) is 35.1 Å². The van der Waals surface area contributed by atoms with E-state index in [2.05, 4.69) is 0 Å². The molecule has 0 radical (unpaired) electrons. The molecule has 0 amide bonds. The van der Waals surface area contributed by atoms with E-state index in [0.29, 0.717) is 28.8 Å². The summed E-state index contributed by atoms with van der Waals surface area (Å²) in [4.78, 5) is 12.4. The lowest BCUT2D eigenvalue weighted by molar-refractivity contribution is -0.138. The molecule has 0 bridgehead atoms. The fourth-order valence-corrected chi connectivity index (χ4v) is 4.99. The largest absolute Gasteiger partial charge is 0.455 e. The lowest BCUT2D eigenvalue weighted by Gasteiger charge is -2.16. The van der Waals surface area contributed by atoms with Crippen LogP contribution in [0.3, 0.4) is 0 Å². The van der Waals surface area contributed by atoms with Gasteiger partial charge in [-0.1, -0.05) is 13.0 Å². The number of sulfone groups is 1. The van der Waals surface area contributed by atoms with E-state index in [0.717, 1.165) is 30.3 Å². The highest BCUT2D eigenvalue weighted by Crippen LogP contribution is 2.38. The second-order valence-corrected chi connectivity index (χ2v) is 11.1. The van der Waals surface area contributed by atoms with Gasteiger partial charge in [-0.2, -0.15) is 31.6 Å². The summed E-state index contributed by atoms with van der Waals surface area (Å²) in [6.45, 7) is 0.429. The highest BCUT2D eigenvalue weighted by Gasteiger charge is 2.37. The van der Waals surface area contributed by atoms with Gasteiger partial charge in [0.2, 0.25) is 0 Å². The lowest BCUT2D eigenvalue weighted by Crippen LogP contribution is -2.29. The number of pyridine rings is 1. The molecule has 6 nitrogen and oxygen atoms in total. The van der Waals surface area contributed by atoms with Crippen LogP contribution in [0.1, 0.15) is 29.2 Å². The fourth-order valence-electron chi connectivity index (χ4n) is 4.04. The highest BCUT2D eigenvalue weighted by atomic mass is 32.2. The van der Waals surface area contributed by atoms with Crippen LogP contribution in [-0.2, 0) is 28.7 Å². The number of rotatable bonds is 6. The van der Waals surface area contributed by atoms with Gasteiger partial charge in [0.25, 0.3) is 5.56 Å². The zero-order valence-corrected chi connectivity index (χ0v) is 21.9. The van der Waals surface area contributed by atoms with E-state index < -0.39 is 96.0 Å². The van der Waals surface area contributed by atoms with E-state index in [1.807, 2.05) is 0 Å². The first kappa shape index (κ1) is 30.5. The minimum Gasteiger partial charge on any atom is -0.455 e. The first-order chi connectivity index (χ1) is 19.5. The minimum atomic E-state index is -5.21. The first-order valence-electron chi connectivity index (χ1n) is 11.7. The molecule has 0 fully saturated rings. The van der Waals surface area contributed by atoms with Gasteiger partial charge < -0.3 is 4.42 Å². The Balaban J connectivity index is 1.97. The molecule has 0 aliphatic carbocycles. The number of nitriles is 1. The minimum absolute atomic E-state index is 0.345. The molecular weight excluding hydrogens is 600 g/mol. The van der Waals surface area contributed by atoms with Gasteiger partial charge in [-0.05, 0) is 42.5 Å².